The highest BCUT2D eigenvalue weighted by Gasteiger charge is 2.36. The minimum atomic E-state index is -1.39. The summed E-state index contributed by atoms with van der Waals surface area (Å²) in [4.78, 5) is 11.5. The molecule has 0 bridgehead atoms. The molecule has 0 heterocycles. The molecule has 6 heteroatoms. The molecule has 6 nitrogen and oxygen atoms in total. The second kappa shape index (κ2) is 7.70. The van der Waals surface area contributed by atoms with Gasteiger partial charge in [0.1, 0.15) is 24.4 Å². The van der Waals surface area contributed by atoms with Gasteiger partial charge in [-0.1, -0.05) is 0 Å². The van der Waals surface area contributed by atoms with E-state index >= 15 is 0 Å². The molecule has 0 aliphatic heterocycles. The lowest BCUT2D eigenvalue weighted by atomic mass is 10.0. The maximum Gasteiger partial charge on any atom is 0.161 e. The second-order valence-electron chi connectivity index (χ2n) is 3.21. The predicted octanol–water partition coefficient (Wildman–Crippen LogP) is -1.03. The lowest BCUT2D eigenvalue weighted by molar-refractivity contribution is -0.161. The Morgan fingerprint density at radius 1 is 1.25 bits per heavy atom. The zero-order chi connectivity index (χ0) is 14.8. The number of methoxy groups -OCH3 is 3. The highest BCUT2D eigenvalue weighted by Crippen LogP contribution is 2.14. The van der Waals surface area contributed by atoms with Crippen molar-refractivity contribution < 1.29 is 33.3 Å². The standard InChI is InChI=1S/C10H20O6/c1-6(12)8(14-2)10(16-4)9(15-3)7(13)5-11/h7-11,13H,5H2,1-4H3/t7-,8+,9-,10-/m1/s1/i2D,3D,4D. The number of hydrogen-bond donors (Lipinski definition) is 2. The van der Waals surface area contributed by atoms with Crippen LogP contribution in [-0.4, -0.2) is 68.3 Å². The summed E-state index contributed by atoms with van der Waals surface area (Å²) in [6.07, 6.45) is -4.97. The van der Waals surface area contributed by atoms with E-state index < -0.39 is 58.1 Å². The molecule has 0 aromatic carbocycles. The number of aliphatic hydroxyl groups is 2. The van der Waals surface area contributed by atoms with Gasteiger partial charge in [0, 0.05) is 21.3 Å². The van der Waals surface area contributed by atoms with E-state index in [2.05, 4.69) is 0 Å². The largest absolute Gasteiger partial charge is 0.394 e. The fraction of sp³-hybridized carbons (Fsp3) is 0.900. The van der Waals surface area contributed by atoms with Gasteiger partial charge >= 0.3 is 0 Å². The molecule has 0 fully saturated rings. The van der Waals surface area contributed by atoms with E-state index in [-0.39, 0.29) is 0 Å². The summed E-state index contributed by atoms with van der Waals surface area (Å²) in [5, 5.41) is 18.6. The monoisotopic (exact) mass is 239 g/mol. The van der Waals surface area contributed by atoms with E-state index in [0.29, 0.717) is 0 Å². The van der Waals surface area contributed by atoms with Crippen molar-refractivity contribution in [1.29, 1.82) is 0 Å². The van der Waals surface area contributed by atoms with Crippen molar-refractivity contribution in [1.82, 2.24) is 0 Å². The van der Waals surface area contributed by atoms with E-state index in [1.807, 2.05) is 0 Å². The number of carbonyl (C=O) groups is 1. The SMILES string of the molecule is [2H]CO[C@@H]([C@H](OC[2H])[C@@H](OC[2H])C(C)=O)[C@H](O)CO. The highest BCUT2D eigenvalue weighted by molar-refractivity contribution is 5.81. The molecule has 0 saturated carbocycles. The van der Waals surface area contributed by atoms with Gasteiger partial charge in [-0.2, -0.15) is 0 Å². The average Bonchev–Trinajstić information content (AvgIpc) is 2.39. The molecule has 0 spiro atoms. The van der Waals surface area contributed by atoms with Crippen LogP contribution in [0, 0.1) is 0 Å². The van der Waals surface area contributed by atoms with Crippen molar-refractivity contribution in [3.05, 3.63) is 0 Å². The van der Waals surface area contributed by atoms with Crippen LogP contribution < -0.4 is 0 Å². The lowest BCUT2D eigenvalue weighted by Gasteiger charge is -2.31. The summed E-state index contributed by atoms with van der Waals surface area (Å²) < 4.78 is 35.9. The van der Waals surface area contributed by atoms with Crippen LogP contribution in [0.15, 0.2) is 0 Å². The summed E-state index contributed by atoms with van der Waals surface area (Å²) >= 11 is 0. The van der Waals surface area contributed by atoms with Gasteiger partial charge in [-0.05, 0) is 6.92 Å². The van der Waals surface area contributed by atoms with E-state index in [4.69, 9.17) is 23.4 Å². The van der Waals surface area contributed by atoms with Crippen LogP contribution in [0.25, 0.3) is 0 Å². The molecule has 0 radical (unpaired) electrons. The first-order valence-corrected chi connectivity index (χ1v) is 4.55. The van der Waals surface area contributed by atoms with Crippen molar-refractivity contribution >= 4 is 5.78 Å². The minimum absolute atomic E-state index is 0.463. The number of ether oxygens (including phenoxy) is 3. The van der Waals surface area contributed by atoms with Crippen molar-refractivity contribution in [2.45, 2.75) is 31.3 Å². The Kier molecular flexibility index (Phi) is 5.10. The number of rotatable bonds is 8. The Hall–Kier alpha value is -0.530. The van der Waals surface area contributed by atoms with Gasteiger partial charge < -0.3 is 24.4 Å². The molecule has 2 N–H and O–H groups in total. The number of Topliss-reactive ketones (excluding diaryl/α,β-unsaturated/α-hetero) is 1. The Balaban J connectivity index is 5.11. The quantitative estimate of drug-likeness (QED) is 0.563. The normalized spacial score (nSPS) is 21.3. The number of carbonyl (C=O) groups excluding carboxylic acids is 1. The summed E-state index contributed by atoms with van der Waals surface area (Å²) in [5.41, 5.74) is 0. The van der Waals surface area contributed by atoms with Crippen LogP contribution in [0.3, 0.4) is 0 Å². The van der Waals surface area contributed by atoms with Crippen LogP contribution in [-0.2, 0) is 19.0 Å². The molecule has 0 saturated heterocycles. The van der Waals surface area contributed by atoms with Crippen LogP contribution in [0.2, 0.25) is 0 Å². The third-order valence-electron chi connectivity index (χ3n) is 2.15. The molecule has 0 aromatic rings. The molecule has 0 unspecified atom stereocenters. The molecule has 0 aliphatic carbocycles. The zero-order valence-corrected chi connectivity index (χ0v) is 9.17. The third kappa shape index (κ3) is 3.80. The van der Waals surface area contributed by atoms with Gasteiger partial charge in [-0.15, -0.1) is 0 Å². The van der Waals surface area contributed by atoms with E-state index in [1.165, 1.54) is 6.92 Å². The van der Waals surface area contributed by atoms with Crippen LogP contribution in [0.4, 0.5) is 0 Å². The summed E-state index contributed by atoms with van der Waals surface area (Å²) in [6, 6.07) is 0. The molecule has 96 valence electrons. The van der Waals surface area contributed by atoms with Gasteiger partial charge in [-0.3, -0.25) is 4.79 Å². The first-order chi connectivity index (χ1) is 9.03. The second-order valence-corrected chi connectivity index (χ2v) is 3.21. The number of hydrogen-bond acceptors (Lipinski definition) is 6. The highest BCUT2D eigenvalue weighted by atomic mass is 16.6. The van der Waals surface area contributed by atoms with Gasteiger partial charge in [0.25, 0.3) is 0 Å². The van der Waals surface area contributed by atoms with Crippen molar-refractivity contribution in [3.63, 3.8) is 0 Å². The summed E-state index contributed by atoms with van der Waals surface area (Å²) in [7, 11) is -1.55. The molecule has 0 aromatic heterocycles. The molecule has 0 amide bonds. The molecular formula is C10H20O6. The first-order valence-electron chi connectivity index (χ1n) is 6.67. The first kappa shape index (κ1) is 10.6. The van der Waals surface area contributed by atoms with E-state index in [0.717, 1.165) is 0 Å². The molecule has 4 atom stereocenters. The van der Waals surface area contributed by atoms with Crippen molar-refractivity contribution in [2.24, 2.45) is 0 Å². The Bertz CT molecular complexity index is 255. The van der Waals surface area contributed by atoms with Gasteiger partial charge in [-0.25, -0.2) is 0 Å². The smallest absolute Gasteiger partial charge is 0.161 e. The van der Waals surface area contributed by atoms with Crippen LogP contribution >= 0.6 is 0 Å². The molecule has 0 rings (SSSR count). The summed E-state index contributed by atoms with van der Waals surface area (Å²) in [5.74, 6) is -0.463. The summed E-state index contributed by atoms with van der Waals surface area (Å²) in [6.45, 7) is 0.553. The topological polar surface area (TPSA) is 85.2 Å². The fourth-order valence-corrected chi connectivity index (χ4v) is 1.33. The third-order valence-corrected chi connectivity index (χ3v) is 2.15. The van der Waals surface area contributed by atoms with Gasteiger partial charge in [0.2, 0.25) is 0 Å². The van der Waals surface area contributed by atoms with Gasteiger partial charge in [0.15, 0.2) is 5.78 Å². The maximum absolute atomic E-state index is 11.5. The molecular weight excluding hydrogens is 216 g/mol. The van der Waals surface area contributed by atoms with E-state index in [1.54, 1.807) is 0 Å². The van der Waals surface area contributed by atoms with E-state index in [9.17, 15) is 9.90 Å². The fourth-order valence-electron chi connectivity index (χ4n) is 1.33. The lowest BCUT2D eigenvalue weighted by Crippen LogP contribution is -2.50. The van der Waals surface area contributed by atoms with Crippen LogP contribution in [0.1, 0.15) is 11.0 Å². The minimum Gasteiger partial charge on any atom is -0.394 e. The number of ketones is 1. The van der Waals surface area contributed by atoms with Crippen LogP contribution in [0.5, 0.6) is 0 Å². The predicted molar refractivity (Wildman–Crippen MR) is 56.2 cm³/mol. The van der Waals surface area contributed by atoms with Crippen molar-refractivity contribution in [3.8, 4) is 0 Å². The molecule has 16 heavy (non-hydrogen) atoms. The average molecular weight is 239 g/mol. The zero-order valence-electron chi connectivity index (χ0n) is 12.2. The van der Waals surface area contributed by atoms with Gasteiger partial charge in [0.05, 0.1) is 10.7 Å². The Morgan fingerprint density at radius 3 is 2.25 bits per heavy atom. The Labute approximate surface area is 99.3 Å². The van der Waals surface area contributed by atoms with Crippen molar-refractivity contribution in [2.75, 3.05) is 27.9 Å². The maximum atomic E-state index is 11.5. The number of aliphatic hydroxyl groups excluding tert-OH is 2. The Morgan fingerprint density at radius 2 is 1.81 bits per heavy atom. The molecule has 0 aliphatic rings.